The van der Waals surface area contributed by atoms with Crippen LogP contribution < -0.4 is 20.3 Å². The molecule has 2 aliphatic heterocycles. The van der Waals surface area contributed by atoms with Gasteiger partial charge in [0.05, 0.1) is 18.4 Å². The SMILES string of the molecule is CC(C)N1CCOc2c1cc(-c1nc(Nc3ccc4c(c3)CCNC4)ncc1F)cc2C(F)(F)F. The van der Waals surface area contributed by atoms with Crippen LogP contribution >= 0.6 is 0 Å². The van der Waals surface area contributed by atoms with Crippen molar-refractivity contribution in [1.29, 1.82) is 0 Å². The molecule has 0 unspecified atom stereocenters. The number of nitrogens with one attached hydrogen (secondary N) is 2. The minimum Gasteiger partial charge on any atom is -0.489 e. The van der Waals surface area contributed by atoms with Gasteiger partial charge in [0.2, 0.25) is 5.95 Å². The smallest absolute Gasteiger partial charge is 0.420 e. The molecule has 0 fully saturated rings. The molecule has 184 valence electrons. The summed E-state index contributed by atoms with van der Waals surface area (Å²) >= 11 is 0. The summed E-state index contributed by atoms with van der Waals surface area (Å²) in [5.41, 5.74) is 2.23. The Balaban J connectivity index is 1.56. The number of hydrogen-bond donors (Lipinski definition) is 2. The molecule has 5 rings (SSSR count). The lowest BCUT2D eigenvalue weighted by Gasteiger charge is -2.36. The Bertz CT molecular complexity index is 1260. The summed E-state index contributed by atoms with van der Waals surface area (Å²) in [7, 11) is 0. The van der Waals surface area contributed by atoms with Gasteiger partial charge < -0.3 is 20.3 Å². The first-order valence-corrected chi connectivity index (χ1v) is 11.5. The van der Waals surface area contributed by atoms with Crippen LogP contribution in [0.1, 0.15) is 30.5 Å². The molecule has 1 aromatic heterocycles. The molecule has 0 amide bonds. The molecule has 3 aromatic rings. The molecular formula is C25H25F4N5O. The number of fused-ring (bicyclic) bond motifs is 2. The third-order valence-corrected chi connectivity index (χ3v) is 6.25. The standard InChI is InChI=1S/C25H25F4N5O/c1-14(2)34-7-8-35-23-19(25(27,28)29)10-17(11-21(23)34)22-20(26)13-31-24(33-22)32-18-4-3-16-12-30-6-5-15(16)9-18/h3-4,9-11,13-14,30H,5-8,12H2,1-2H3,(H,31,32,33). The average molecular weight is 488 g/mol. The molecule has 0 saturated heterocycles. The maximum Gasteiger partial charge on any atom is 0.420 e. The van der Waals surface area contributed by atoms with Crippen molar-refractivity contribution in [1.82, 2.24) is 15.3 Å². The van der Waals surface area contributed by atoms with Crippen LogP contribution in [0.2, 0.25) is 0 Å². The van der Waals surface area contributed by atoms with Gasteiger partial charge in [-0.3, -0.25) is 0 Å². The molecule has 3 heterocycles. The van der Waals surface area contributed by atoms with Crippen molar-refractivity contribution in [3.8, 4) is 17.0 Å². The topological polar surface area (TPSA) is 62.3 Å². The number of alkyl halides is 3. The molecule has 2 aromatic carbocycles. The van der Waals surface area contributed by atoms with Crippen LogP contribution in [0, 0.1) is 5.82 Å². The first-order valence-electron chi connectivity index (χ1n) is 11.5. The maximum absolute atomic E-state index is 14.8. The van der Waals surface area contributed by atoms with E-state index in [0.717, 1.165) is 37.5 Å². The normalized spacial score (nSPS) is 15.5. The summed E-state index contributed by atoms with van der Waals surface area (Å²) in [5.74, 6) is -0.955. The van der Waals surface area contributed by atoms with Crippen molar-refractivity contribution < 1.29 is 22.3 Å². The highest BCUT2D eigenvalue weighted by Crippen LogP contribution is 2.46. The lowest BCUT2D eigenvalue weighted by molar-refractivity contribution is -0.139. The fraction of sp³-hybridized carbons (Fsp3) is 0.360. The Hall–Kier alpha value is -3.40. The number of benzene rings is 2. The van der Waals surface area contributed by atoms with Crippen LogP contribution in [0.5, 0.6) is 5.75 Å². The van der Waals surface area contributed by atoms with Crippen LogP contribution in [0.3, 0.4) is 0 Å². The molecule has 0 bridgehead atoms. The maximum atomic E-state index is 14.8. The van der Waals surface area contributed by atoms with E-state index in [2.05, 4.69) is 20.6 Å². The zero-order valence-electron chi connectivity index (χ0n) is 19.3. The van der Waals surface area contributed by atoms with Gasteiger partial charge in [-0.1, -0.05) is 6.07 Å². The zero-order valence-corrected chi connectivity index (χ0v) is 19.3. The second-order valence-corrected chi connectivity index (χ2v) is 8.93. The molecule has 0 spiro atoms. The van der Waals surface area contributed by atoms with Crippen molar-refractivity contribution in [3.63, 3.8) is 0 Å². The van der Waals surface area contributed by atoms with Gasteiger partial charge in [-0.05, 0) is 62.2 Å². The third-order valence-electron chi connectivity index (χ3n) is 6.25. The van der Waals surface area contributed by atoms with Crippen molar-refractivity contribution in [3.05, 3.63) is 59.0 Å². The summed E-state index contributed by atoms with van der Waals surface area (Å²) in [5, 5.41) is 6.37. The first kappa shape index (κ1) is 23.3. The summed E-state index contributed by atoms with van der Waals surface area (Å²) in [6, 6.07) is 8.18. The predicted molar refractivity (Wildman–Crippen MR) is 126 cm³/mol. The van der Waals surface area contributed by atoms with Crippen molar-refractivity contribution in [2.24, 2.45) is 0 Å². The molecule has 0 atom stereocenters. The number of aromatic nitrogens is 2. The number of ether oxygens (including phenoxy) is 1. The van der Waals surface area contributed by atoms with Gasteiger partial charge >= 0.3 is 6.18 Å². The highest BCUT2D eigenvalue weighted by Gasteiger charge is 2.39. The number of halogens is 4. The number of hydrogen-bond acceptors (Lipinski definition) is 6. The highest BCUT2D eigenvalue weighted by atomic mass is 19.4. The van der Waals surface area contributed by atoms with Gasteiger partial charge in [0.25, 0.3) is 0 Å². The molecule has 6 nitrogen and oxygen atoms in total. The molecule has 10 heteroatoms. The Labute approximate surface area is 200 Å². The minimum atomic E-state index is -4.68. The molecule has 0 saturated carbocycles. The average Bonchev–Trinajstić information content (AvgIpc) is 2.83. The fourth-order valence-corrected chi connectivity index (χ4v) is 4.54. The van der Waals surface area contributed by atoms with E-state index in [9.17, 15) is 17.6 Å². The lowest BCUT2D eigenvalue weighted by Crippen LogP contribution is -2.38. The number of nitrogens with zero attached hydrogens (tertiary/aromatic N) is 3. The Morgan fingerprint density at radius 2 is 1.97 bits per heavy atom. The highest BCUT2D eigenvalue weighted by molar-refractivity contribution is 5.75. The van der Waals surface area contributed by atoms with Crippen LogP contribution in [-0.4, -0.2) is 35.7 Å². The molecule has 0 radical (unpaired) electrons. The fourth-order valence-electron chi connectivity index (χ4n) is 4.54. The van der Waals surface area contributed by atoms with E-state index in [0.29, 0.717) is 6.54 Å². The summed E-state index contributed by atoms with van der Waals surface area (Å²) < 4.78 is 62.2. The lowest BCUT2D eigenvalue weighted by atomic mass is 10.0. The van der Waals surface area contributed by atoms with Crippen LogP contribution in [0.15, 0.2) is 36.5 Å². The summed E-state index contributed by atoms with van der Waals surface area (Å²) in [4.78, 5) is 10.1. The summed E-state index contributed by atoms with van der Waals surface area (Å²) in [6.45, 7) is 6.01. The number of rotatable bonds is 4. The van der Waals surface area contributed by atoms with E-state index < -0.39 is 17.6 Å². The second kappa shape index (κ2) is 8.99. The largest absolute Gasteiger partial charge is 0.489 e. The van der Waals surface area contributed by atoms with Gasteiger partial charge in [0.15, 0.2) is 11.6 Å². The third kappa shape index (κ3) is 4.62. The van der Waals surface area contributed by atoms with Crippen molar-refractivity contribution >= 4 is 17.3 Å². The molecule has 2 aliphatic rings. The molecule has 2 N–H and O–H groups in total. The van der Waals surface area contributed by atoms with Gasteiger partial charge in [-0.2, -0.15) is 13.2 Å². The first-order chi connectivity index (χ1) is 16.7. The van der Waals surface area contributed by atoms with Crippen molar-refractivity contribution in [2.45, 2.75) is 39.0 Å². The van der Waals surface area contributed by atoms with E-state index >= 15 is 0 Å². The van der Waals surface area contributed by atoms with Gasteiger partial charge in [-0.15, -0.1) is 0 Å². The van der Waals surface area contributed by atoms with Crippen LogP contribution in [0.4, 0.5) is 34.9 Å². The second-order valence-electron chi connectivity index (χ2n) is 8.93. The van der Waals surface area contributed by atoms with E-state index in [4.69, 9.17) is 4.74 Å². The van der Waals surface area contributed by atoms with Gasteiger partial charge in [0.1, 0.15) is 17.9 Å². The minimum absolute atomic E-state index is 0.00619. The van der Waals surface area contributed by atoms with E-state index in [1.54, 1.807) is 0 Å². The van der Waals surface area contributed by atoms with Crippen molar-refractivity contribution in [2.75, 3.05) is 29.9 Å². The molecule has 0 aliphatic carbocycles. The van der Waals surface area contributed by atoms with Gasteiger partial charge in [0, 0.05) is 23.8 Å². The Morgan fingerprint density at radius 1 is 1.14 bits per heavy atom. The Kier molecular flexibility index (Phi) is 6.00. The zero-order chi connectivity index (χ0) is 24.7. The molecule has 35 heavy (non-hydrogen) atoms. The Morgan fingerprint density at radius 3 is 2.74 bits per heavy atom. The monoisotopic (exact) mass is 487 g/mol. The number of anilines is 3. The van der Waals surface area contributed by atoms with Crippen LogP contribution in [-0.2, 0) is 19.1 Å². The predicted octanol–water partition coefficient (Wildman–Crippen LogP) is 5.30. The summed E-state index contributed by atoms with van der Waals surface area (Å²) in [6.07, 6.45) is -2.83. The van der Waals surface area contributed by atoms with E-state index in [1.807, 2.05) is 36.9 Å². The van der Waals surface area contributed by atoms with Gasteiger partial charge in [-0.25, -0.2) is 14.4 Å². The van der Waals surface area contributed by atoms with E-state index in [-0.39, 0.29) is 41.3 Å². The molecular weight excluding hydrogens is 462 g/mol. The van der Waals surface area contributed by atoms with Crippen LogP contribution in [0.25, 0.3) is 11.3 Å². The quantitative estimate of drug-likeness (QED) is 0.487. The van der Waals surface area contributed by atoms with E-state index in [1.165, 1.54) is 17.2 Å².